The van der Waals surface area contributed by atoms with E-state index in [1.165, 1.54) is 4.90 Å². The SMILES string of the molecule is CCOc1cc(CNCC2CNCC2O)ccc1OC(C)C(=O)N(C)C. The number of benzene rings is 1. The van der Waals surface area contributed by atoms with Gasteiger partial charge in [-0.15, -0.1) is 0 Å². The van der Waals surface area contributed by atoms with Crippen molar-refractivity contribution < 1.29 is 19.4 Å². The summed E-state index contributed by atoms with van der Waals surface area (Å²) in [4.78, 5) is 13.5. The van der Waals surface area contributed by atoms with Crippen LogP contribution in [0, 0.1) is 5.92 Å². The first-order valence-corrected chi connectivity index (χ1v) is 9.15. The molecule has 146 valence electrons. The molecule has 1 saturated heterocycles. The Morgan fingerprint density at radius 2 is 2.15 bits per heavy atom. The van der Waals surface area contributed by atoms with Gasteiger partial charge in [-0.1, -0.05) is 6.07 Å². The number of nitrogens with one attached hydrogen (secondary N) is 2. The average Bonchev–Trinajstić information content (AvgIpc) is 3.01. The highest BCUT2D eigenvalue weighted by Crippen LogP contribution is 2.29. The number of aliphatic hydroxyl groups is 1. The summed E-state index contributed by atoms with van der Waals surface area (Å²) >= 11 is 0. The molecule has 0 radical (unpaired) electrons. The Hall–Kier alpha value is -1.83. The van der Waals surface area contributed by atoms with Crippen LogP contribution in [-0.4, -0.2) is 68.5 Å². The van der Waals surface area contributed by atoms with Crippen LogP contribution in [-0.2, 0) is 11.3 Å². The minimum absolute atomic E-state index is 0.0954. The zero-order chi connectivity index (χ0) is 19.1. The van der Waals surface area contributed by atoms with E-state index in [-0.39, 0.29) is 17.9 Å². The molecular weight excluding hydrogens is 334 g/mol. The summed E-state index contributed by atoms with van der Waals surface area (Å²) in [5.41, 5.74) is 1.06. The third kappa shape index (κ3) is 5.59. The molecule has 3 N–H and O–H groups in total. The number of aliphatic hydroxyl groups excluding tert-OH is 1. The van der Waals surface area contributed by atoms with Crippen LogP contribution in [0.15, 0.2) is 18.2 Å². The van der Waals surface area contributed by atoms with Crippen molar-refractivity contribution in [3.8, 4) is 11.5 Å². The van der Waals surface area contributed by atoms with Crippen LogP contribution in [0.1, 0.15) is 19.4 Å². The number of carbonyl (C=O) groups excluding carboxylic acids is 1. The van der Waals surface area contributed by atoms with Crippen LogP contribution in [0.2, 0.25) is 0 Å². The Morgan fingerprint density at radius 1 is 1.38 bits per heavy atom. The molecule has 3 atom stereocenters. The highest BCUT2D eigenvalue weighted by atomic mass is 16.5. The molecule has 0 aliphatic carbocycles. The molecule has 7 nitrogen and oxygen atoms in total. The molecule has 1 fully saturated rings. The van der Waals surface area contributed by atoms with E-state index in [1.807, 2.05) is 25.1 Å². The first-order chi connectivity index (χ1) is 12.4. The number of ether oxygens (including phenoxy) is 2. The van der Waals surface area contributed by atoms with Gasteiger partial charge in [0.1, 0.15) is 0 Å². The van der Waals surface area contributed by atoms with Crippen LogP contribution in [0.3, 0.4) is 0 Å². The quantitative estimate of drug-likeness (QED) is 0.595. The van der Waals surface area contributed by atoms with Gasteiger partial charge in [0, 0.05) is 46.2 Å². The largest absolute Gasteiger partial charge is 0.490 e. The number of nitrogens with zero attached hydrogens (tertiary/aromatic N) is 1. The van der Waals surface area contributed by atoms with Gasteiger partial charge in [-0.3, -0.25) is 4.79 Å². The fourth-order valence-electron chi connectivity index (χ4n) is 2.96. The molecule has 0 bridgehead atoms. The molecule has 7 heteroatoms. The second kappa shape index (κ2) is 9.75. The van der Waals surface area contributed by atoms with Crippen molar-refractivity contribution in [2.45, 2.75) is 32.6 Å². The Morgan fingerprint density at radius 3 is 2.77 bits per heavy atom. The molecule has 0 spiro atoms. The summed E-state index contributed by atoms with van der Waals surface area (Å²) in [6.07, 6.45) is -0.863. The minimum atomic E-state index is -0.579. The normalized spacial score (nSPS) is 20.7. The van der Waals surface area contributed by atoms with Crippen molar-refractivity contribution in [3.63, 3.8) is 0 Å². The zero-order valence-electron chi connectivity index (χ0n) is 16.1. The summed E-state index contributed by atoms with van der Waals surface area (Å²) in [5, 5.41) is 16.4. The molecule has 3 unspecified atom stereocenters. The van der Waals surface area contributed by atoms with Gasteiger partial charge in [0.05, 0.1) is 12.7 Å². The second-order valence-electron chi connectivity index (χ2n) is 6.82. The van der Waals surface area contributed by atoms with E-state index in [9.17, 15) is 9.90 Å². The molecule has 1 heterocycles. The van der Waals surface area contributed by atoms with Crippen LogP contribution in [0.25, 0.3) is 0 Å². The highest BCUT2D eigenvalue weighted by molar-refractivity contribution is 5.80. The van der Waals surface area contributed by atoms with Gasteiger partial charge >= 0.3 is 0 Å². The van der Waals surface area contributed by atoms with Crippen molar-refractivity contribution in [2.24, 2.45) is 5.92 Å². The van der Waals surface area contributed by atoms with E-state index in [0.29, 0.717) is 31.2 Å². The van der Waals surface area contributed by atoms with Crippen LogP contribution in [0.4, 0.5) is 0 Å². The lowest BCUT2D eigenvalue weighted by Crippen LogP contribution is -2.35. The van der Waals surface area contributed by atoms with Crippen molar-refractivity contribution in [1.82, 2.24) is 15.5 Å². The van der Waals surface area contributed by atoms with E-state index < -0.39 is 6.10 Å². The number of likely N-dealkylation sites (N-methyl/N-ethyl adjacent to an activating group) is 1. The summed E-state index contributed by atoms with van der Waals surface area (Å²) in [6.45, 7) is 7.09. The van der Waals surface area contributed by atoms with Gasteiger partial charge in [-0.05, 0) is 31.5 Å². The lowest BCUT2D eigenvalue weighted by atomic mass is 10.1. The molecule has 2 rings (SSSR count). The van der Waals surface area contributed by atoms with Gasteiger partial charge in [-0.2, -0.15) is 0 Å². The van der Waals surface area contributed by atoms with E-state index >= 15 is 0 Å². The van der Waals surface area contributed by atoms with E-state index in [1.54, 1.807) is 21.0 Å². The summed E-state index contributed by atoms with van der Waals surface area (Å²) in [7, 11) is 3.41. The maximum Gasteiger partial charge on any atom is 0.262 e. The van der Waals surface area contributed by atoms with E-state index in [4.69, 9.17) is 9.47 Å². The molecule has 0 aromatic heterocycles. The Balaban J connectivity index is 1.97. The van der Waals surface area contributed by atoms with E-state index in [0.717, 1.165) is 18.7 Å². The first-order valence-electron chi connectivity index (χ1n) is 9.15. The predicted octanol–water partition coefficient (Wildman–Crippen LogP) is 0.611. The fourth-order valence-corrected chi connectivity index (χ4v) is 2.96. The molecule has 1 aromatic rings. The number of rotatable bonds is 9. The lowest BCUT2D eigenvalue weighted by molar-refractivity contribution is -0.135. The third-order valence-corrected chi connectivity index (χ3v) is 4.44. The Kier molecular flexibility index (Phi) is 7.68. The monoisotopic (exact) mass is 365 g/mol. The minimum Gasteiger partial charge on any atom is -0.490 e. The Bertz CT molecular complexity index is 594. The van der Waals surface area contributed by atoms with Gasteiger partial charge in [0.2, 0.25) is 0 Å². The van der Waals surface area contributed by atoms with E-state index in [2.05, 4.69) is 10.6 Å². The smallest absolute Gasteiger partial charge is 0.262 e. The van der Waals surface area contributed by atoms with Crippen molar-refractivity contribution >= 4 is 5.91 Å². The number of hydrogen-bond donors (Lipinski definition) is 3. The van der Waals surface area contributed by atoms with Gasteiger partial charge in [0.15, 0.2) is 17.6 Å². The molecule has 1 amide bonds. The number of amides is 1. The lowest BCUT2D eigenvalue weighted by Gasteiger charge is -2.20. The second-order valence-corrected chi connectivity index (χ2v) is 6.82. The van der Waals surface area contributed by atoms with Crippen LogP contribution >= 0.6 is 0 Å². The van der Waals surface area contributed by atoms with Gasteiger partial charge < -0.3 is 30.1 Å². The maximum absolute atomic E-state index is 12.0. The fraction of sp³-hybridized carbons (Fsp3) is 0.632. The maximum atomic E-state index is 12.0. The first kappa shape index (κ1) is 20.5. The summed E-state index contributed by atoms with van der Waals surface area (Å²) in [6, 6.07) is 5.73. The van der Waals surface area contributed by atoms with Gasteiger partial charge in [0.25, 0.3) is 5.91 Å². The molecule has 0 saturated carbocycles. The third-order valence-electron chi connectivity index (χ3n) is 4.44. The van der Waals surface area contributed by atoms with Crippen molar-refractivity contribution in [1.29, 1.82) is 0 Å². The van der Waals surface area contributed by atoms with Crippen LogP contribution < -0.4 is 20.1 Å². The number of β-amino-alcohol motifs (C(OH)–C–C–N with tert-alkyl or cyclic N) is 1. The summed E-state index contributed by atoms with van der Waals surface area (Å²) in [5.74, 6) is 1.34. The topological polar surface area (TPSA) is 83.1 Å². The Labute approximate surface area is 155 Å². The number of carbonyl (C=O) groups is 1. The molecule has 26 heavy (non-hydrogen) atoms. The number of hydrogen-bond acceptors (Lipinski definition) is 6. The molecule has 1 aromatic carbocycles. The summed E-state index contributed by atoms with van der Waals surface area (Å²) < 4.78 is 11.5. The predicted molar refractivity (Wildman–Crippen MR) is 100 cm³/mol. The zero-order valence-corrected chi connectivity index (χ0v) is 16.1. The standard InChI is InChI=1S/C19H31N3O4/c1-5-25-18-8-14(9-20-10-15-11-21-12-16(15)23)6-7-17(18)26-13(2)19(24)22(3)4/h6-8,13,15-16,20-21,23H,5,9-12H2,1-4H3. The highest BCUT2D eigenvalue weighted by Gasteiger charge is 2.24. The van der Waals surface area contributed by atoms with Crippen molar-refractivity contribution in [3.05, 3.63) is 23.8 Å². The molecule has 1 aliphatic rings. The van der Waals surface area contributed by atoms with Gasteiger partial charge in [-0.25, -0.2) is 0 Å². The van der Waals surface area contributed by atoms with Crippen LogP contribution in [0.5, 0.6) is 11.5 Å². The molecule has 1 aliphatic heterocycles. The molecular formula is C19H31N3O4. The van der Waals surface area contributed by atoms with Crippen molar-refractivity contribution in [2.75, 3.05) is 40.3 Å². The average molecular weight is 365 g/mol.